The van der Waals surface area contributed by atoms with Gasteiger partial charge in [-0.2, -0.15) is 5.26 Å². The second-order valence-corrected chi connectivity index (χ2v) is 8.96. The summed E-state index contributed by atoms with van der Waals surface area (Å²) in [7, 11) is -3.24. The molecule has 1 aliphatic heterocycles. The molecule has 0 aromatic heterocycles. The maximum Gasteiger partial charge on any atom is 0.256 e. The number of sulfonamides is 1. The highest BCUT2D eigenvalue weighted by molar-refractivity contribution is 7.93. The van der Waals surface area contributed by atoms with Gasteiger partial charge in [0.15, 0.2) is 0 Å². The van der Waals surface area contributed by atoms with Crippen LogP contribution in [0.2, 0.25) is 0 Å². The van der Waals surface area contributed by atoms with Gasteiger partial charge in [0.05, 0.1) is 23.1 Å². The molecule has 1 N–H and O–H groups in total. The van der Waals surface area contributed by atoms with Gasteiger partial charge >= 0.3 is 0 Å². The number of carbonyl (C=O) groups excluding carboxylic acids is 1. The Morgan fingerprint density at radius 3 is 2.27 bits per heavy atom. The van der Waals surface area contributed by atoms with E-state index in [0.717, 1.165) is 0 Å². The normalized spacial score (nSPS) is 14.8. The molecule has 7 heteroatoms. The molecule has 0 aliphatic carbocycles. The molecule has 3 aromatic rings. The monoisotopic (exact) mass is 417 g/mol. The van der Waals surface area contributed by atoms with Crippen LogP contribution >= 0.6 is 0 Å². The zero-order valence-electron chi connectivity index (χ0n) is 16.1. The van der Waals surface area contributed by atoms with E-state index in [9.17, 15) is 18.5 Å². The van der Waals surface area contributed by atoms with E-state index >= 15 is 0 Å². The Balaban J connectivity index is 1.59. The number of amides is 1. The van der Waals surface area contributed by atoms with E-state index in [1.165, 1.54) is 4.31 Å². The lowest BCUT2D eigenvalue weighted by Gasteiger charge is -2.17. The lowest BCUT2D eigenvalue weighted by atomic mass is 9.95. The van der Waals surface area contributed by atoms with Crippen LogP contribution < -0.4 is 9.62 Å². The number of anilines is 2. The minimum Gasteiger partial charge on any atom is -0.322 e. The summed E-state index contributed by atoms with van der Waals surface area (Å²) in [5, 5.41) is 12.3. The molecule has 6 nitrogen and oxygen atoms in total. The van der Waals surface area contributed by atoms with Crippen LogP contribution in [0.1, 0.15) is 22.3 Å². The molecular formula is C23H19N3O3S. The summed E-state index contributed by atoms with van der Waals surface area (Å²) in [6, 6.07) is 23.2. The summed E-state index contributed by atoms with van der Waals surface area (Å²) >= 11 is 0. The van der Waals surface area contributed by atoms with Crippen molar-refractivity contribution in [3.63, 3.8) is 0 Å². The predicted molar refractivity (Wildman–Crippen MR) is 117 cm³/mol. The van der Waals surface area contributed by atoms with Crippen molar-refractivity contribution in [2.24, 2.45) is 0 Å². The fourth-order valence-electron chi connectivity index (χ4n) is 3.57. The van der Waals surface area contributed by atoms with Gasteiger partial charge in [-0.25, -0.2) is 8.42 Å². The second kappa shape index (κ2) is 8.01. The van der Waals surface area contributed by atoms with E-state index in [0.29, 0.717) is 46.6 Å². The number of hydrogen-bond acceptors (Lipinski definition) is 4. The third-order valence-corrected chi connectivity index (χ3v) is 6.89. The molecule has 1 amide bonds. The first-order valence-electron chi connectivity index (χ1n) is 9.50. The van der Waals surface area contributed by atoms with Crippen molar-refractivity contribution in [2.45, 2.75) is 6.42 Å². The van der Waals surface area contributed by atoms with Gasteiger partial charge in [0.25, 0.3) is 5.91 Å². The molecular weight excluding hydrogens is 398 g/mol. The predicted octanol–water partition coefficient (Wildman–Crippen LogP) is 4.02. The fraction of sp³-hybridized carbons (Fsp3) is 0.130. The standard InChI is InChI=1S/C23H19N3O3S/c24-16-17-6-1-2-7-20(17)21-8-3-4-9-22(21)23(27)25-18-10-12-19(13-11-18)26-14-5-15-30(26,28)29/h1-4,6-13H,5,14-15H2,(H,25,27). The van der Waals surface area contributed by atoms with Gasteiger partial charge in [0.1, 0.15) is 0 Å². The number of nitrogens with zero attached hydrogens (tertiary/aromatic N) is 2. The summed E-state index contributed by atoms with van der Waals surface area (Å²) < 4.78 is 25.5. The van der Waals surface area contributed by atoms with Crippen molar-refractivity contribution in [3.8, 4) is 17.2 Å². The Kier molecular flexibility index (Phi) is 5.25. The third kappa shape index (κ3) is 3.78. The van der Waals surface area contributed by atoms with Crippen molar-refractivity contribution in [1.29, 1.82) is 5.26 Å². The van der Waals surface area contributed by atoms with Crippen LogP contribution in [-0.2, 0) is 10.0 Å². The molecule has 0 bridgehead atoms. The maximum absolute atomic E-state index is 13.0. The Labute approximate surface area is 175 Å². The first kappa shape index (κ1) is 19.7. The molecule has 1 aliphatic rings. The number of carbonyl (C=O) groups is 1. The molecule has 0 saturated carbocycles. The Hall–Kier alpha value is -3.63. The third-order valence-electron chi connectivity index (χ3n) is 5.02. The molecule has 0 unspecified atom stereocenters. The van der Waals surface area contributed by atoms with Gasteiger partial charge in [-0.1, -0.05) is 36.4 Å². The first-order chi connectivity index (χ1) is 14.5. The lowest BCUT2D eigenvalue weighted by Crippen LogP contribution is -2.25. The van der Waals surface area contributed by atoms with Gasteiger partial charge in [0, 0.05) is 23.4 Å². The van der Waals surface area contributed by atoms with E-state index in [4.69, 9.17) is 0 Å². The van der Waals surface area contributed by atoms with Gasteiger partial charge in [-0.15, -0.1) is 0 Å². The van der Waals surface area contributed by atoms with E-state index in [1.807, 2.05) is 24.3 Å². The highest BCUT2D eigenvalue weighted by atomic mass is 32.2. The van der Waals surface area contributed by atoms with Gasteiger partial charge in [-0.05, 0) is 48.4 Å². The van der Waals surface area contributed by atoms with E-state index in [2.05, 4.69) is 11.4 Å². The molecule has 0 atom stereocenters. The molecule has 1 fully saturated rings. The number of nitrogens with one attached hydrogen (secondary N) is 1. The molecule has 0 spiro atoms. The van der Waals surface area contributed by atoms with Crippen LogP contribution in [0, 0.1) is 11.3 Å². The second-order valence-electron chi connectivity index (χ2n) is 6.95. The summed E-state index contributed by atoms with van der Waals surface area (Å²) in [6.45, 7) is 0.472. The van der Waals surface area contributed by atoms with Crippen LogP contribution in [0.25, 0.3) is 11.1 Å². The smallest absolute Gasteiger partial charge is 0.256 e. The Morgan fingerprint density at radius 1 is 0.933 bits per heavy atom. The largest absolute Gasteiger partial charge is 0.322 e. The topological polar surface area (TPSA) is 90.3 Å². The van der Waals surface area contributed by atoms with Crippen molar-refractivity contribution >= 4 is 27.3 Å². The summed E-state index contributed by atoms with van der Waals surface area (Å²) in [4.78, 5) is 13.0. The Bertz CT molecular complexity index is 1250. The van der Waals surface area contributed by atoms with Crippen LogP contribution in [-0.4, -0.2) is 26.6 Å². The summed E-state index contributed by atoms with van der Waals surface area (Å²) in [5.41, 5.74) is 3.46. The van der Waals surface area contributed by atoms with Gasteiger partial charge in [-0.3, -0.25) is 9.10 Å². The van der Waals surface area contributed by atoms with Crippen LogP contribution in [0.4, 0.5) is 11.4 Å². The summed E-state index contributed by atoms with van der Waals surface area (Å²) in [6.07, 6.45) is 0.613. The average Bonchev–Trinajstić information content (AvgIpc) is 3.13. The van der Waals surface area contributed by atoms with Gasteiger partial charge < -0.3 is 5.32 Å². The number of nitriles is 1. The highest BCUT2D eigenvalue weighted by Gasteiger charge is 2.28. The van der Waals surface area contributed by atoms with Crippen LogP contribution in [0.3, 0.4) is 0 Å². The quantitative estimate of drug-likeness (QED) is 0.694. The lowest BCUT2D eigenvalue weighted by molar-refractivity contribution is 0.102. The van der Waals surface area contributed by atoms with Crippen molar-refractivity contribution in [2.75, 3.05) is 21.9 Å². The van der Waals surface area contributed by atoms with Crippen molar-refractivity contribution in [1.82, 2.24) is 0 Å². The van der Waals surface area contributed by atoms with E-state index in [1.54, 1.807) is 48.5 Å². The number of hydrogen-bond donors (Lipinski definition) is 1. The van der Waals surface area contributed by atoms with E-state index < -0.39 is 10.0 Å². The average molecular weight is 417 g/mol. The zero-order valence-corrected chi connectivity index (χ0v) is 16.9. The molecule has 1 saturated heterocycles. The molecule has 4 rings (SSSR count). The molecule has 0 radical (unpaired) electrons. The highest BCUT2D eigenvalue weighted by Crippen LogP contribution is 2.28. The zero-order chi connectivity index (χ0) is 21.1. The number of benzene rings is 3. The van der Waals surface area contributed by atoms with E-state index in [-0.39, 0.29) is 11.7 Å². The van der Waals surface area contributed by atoms with Gasteiger partial charge in [0.2, 0.25) is 10.0 Å². The van der Waals surface area contributed by atoms with Crippen LogP contribution in [0.5, 0.6) is 0 Å². The first-order valence-corrected chi connectivity index (χ1v) is 11.1. The number of rotatable bonds is 4. The minimum atomic E-state index is -3.24. The molecule has 3 aromatic carbocycles. The minimum absolute atomic E-state index is 0.159. The van der Waals surface area contributed by atoms with Crippen molar-refractivity contribution in [3.05, 3.63) is 83.9 Å². The molecule has 1 heterocycles. The SMILES string of the molecule is N#Cc1ccccc1-c1ccccc1C(=O)Nc1ccc(N2CCCS2(=O)=O)cc1. The molecule has 150 valence electrons. The molecule has 30 heavy (non-hydrogen) atoms. The summed E-state index contributed by atoms with van der Waals surface area (Å²) in [5.74, 6) is -0.146. The fourth-order valence-corrected chi connectivity index (χ4v) is 5.13. The maximum atomic E-state index is 13.0. The van der Waals surface area contributed by atoms with Crippen LogP contribution in [0.15, 0.2) is 72.8 Å². The van der Waals surface area contributed by atoms with Crippen molar-refractivity contribution < 1.29 is 13.2 Å². The Morgan fingerprint density at radius 2 is 1.60 bits per heavy atom.